The van der Waals surface area contributed by atoms with E-state index in [1.807, 2.05) is 25.1 Å². The second-order valence-electron chi connectivity index (χ2n) is 3.51. The van der Waals surface area contributed by atoms with Crippen LogP contribution in [0.5, 0.6) is 0 Å². The predicted octanol–water partition coefficient (Wildman–Crippen LogP) is 1.12. The lowest BCUT2D eigenvalue weighted by Crippen LogP contribution is -2.29. The number of hydrazine groups is 1. The first-order chi connectivity index (χ1) is 7.74. The molecule has 0 bridgehead atoms. The highest BCUT2D eigenvalue weighted by Gasteiger charge is 2.18. The largest absolute Gasteiger partial charge is 0.469 e. The van der Waals surface area contributed by atoms with Crippen LogP contribution < -0.4 is 17.0 Å². The number of rotatable bonds is 3. The maximum absolute atomic E-state index is 5.82. The van der Waals surface area contributed by atoms with Crippen LogP contribution in [-0.2, 0) is 0 Å². The summed E-state index contributed by atoms with van der Waals surface area (Å²) in [5, 5.41) is 0. The van der Waals surface area contributed by atoms with Crippen molar-refractivity contribution < 1.29 is 4.42 Å². The van der Waals surface area contributed by atoms with Crippen LogP contribution in [0.15, 0.2) is 35.1 Å². The lowest BCUT2D eigenvalue weighted by atomic mass is 10.0. The Labute approximate surface area is 93.4 Å². The molecule has 2 aromatic heterocycles. The molecule has 0 amide bonds. The summed E-state index contributed by atoms with van der Waals surface area (Å²) in [5.74, 6) is 6.83. The highest BCUT2D eigenvalue weighted by molar-refractivity contribution is 5.45. The van der Waals surface area contributed by atoms with Crippen molar-refractivity contribution in [2.75, 3.05) is 5.73 Å². The van der Waals surface area contributed by atoms with Crippen molar-refractivity contribution in [3.05, 3.63) is 47.5 Å². The molecule has 0 aromatic carbocycles. The second kappa shape index (κ2) is 4.34. The van der Waals surface area contributed by atoms with Crippen molar-refractivity contribution in [1.82, 2.24) is 10.4 Å². The summed E-state index contributed by atoms with van der Waals surface area (Å²) >= 11 is 0. The average molecular weight is 218 g/mol. The van der Waals surface area contributed by atoms with Crippen LogP contribution in [0.3, 0.4) is 0 Å². The normalized spacial score (nSPS) is 12.6. The number of nitrogen functional groups attached to an aromatic ring is 1. The van der Waals surface area contributed by atoms with Gasteiger partial charge in [0.25, 0.3) is 0 Å². The minimum Gasteiger partial charge on any atom is -0.469 e. The number of hydrogen-bond acceptors (Lipinski definition) is 5. The Hall–Kier alpha value is -1.85. The van der Waals surface area contributed by atoms with Gasteiger partial charge in [0.05, 0.1) is 12.3 Å². The number of furan rings is 1. The summed E-state index contributed by atoms with van der Waals surface area (Å²) in [5.41, 5.74) is 10.3. The Morgan fingerprint density at radius 3 is 2.75 bits per heavy atom. The van der Waals surface area contributed by atoms with Crippen LogP contribution in [-0.4, -0.2) is 4.98 Å². The second-order valence-corrected chi connectivity index (χ2v) is 3.51. The van der Waals surface area contributed by atoms with Gasteiger partial charge in [0.2, 0.25) is 0 Å². The third kappa shape index (κ3) is 1.78. The summed E-state index contributed by atoms with van der Waals surface area (Å²) in [7, 11) is 0. The summed E-state index contributed by atoms with van der Waals surface area (Å²) in [6.07, 6.45) is 3.27. The van der Waals surface area contributed by atoms with Gasteiger partial charge < -0.3 is 10.2 Å². The van der Waals surface area contributed by atoms with Crippen LogP contribution in [0.2, 0.25) is 0 Å². The molecular formula is C11H14N4O. The number of nitrogens with two attached hydrogens (primary N) is 2. The Kier molecular flexibility index (Phi) is 2.89. The Morgan fingerprint density at radius 1 is 1.38 bits per heavy atom. The molecule has 0 aliphatic heterocycles. The Balaban J connectivity index is 2.45. The fourth-order valence-electron chi connectivity index (χ4n) is 1.72. The Morgan fingerprint density at radius 2 is 2.19 bits per heavy atom. The van der Waals surface area contributed by atoms with E-state index in [1.54, 1.807) is 12.5 Å². The molecule has 0 saturated carbocycles. The summed E-state index contributed by atoms with van der Waals surface area (Å²) < 4.78 is 5.25. The molecule has 0 saturated heterocycles. The molecule has 0 aliphatic rings. The number of aryl methyl sites for hydroxylation is 1. The molecule has 0 fully saturated rings. The Bertz CT molecular complexity index is 480. The van der Waals surface area contributed by atoms with Gasteiger partial charge in [0.1, 0.15) is 11.6 Å². The van der Waals surface area contributed by atoms with Crippen molar-refractivity contribution in [3.63, 3.8) is 0 Å². The lowest BCUT2D eigenvalue weighted by molar-refractivity contribution is 0.520. The molecular weight excluding hydrogens is 204 g/mol. The van der Waals surface area contributed by atoms with Crippen molar-refractivity contribution >= 4 is 5.82 Å². The van der Waals surface area contributed by atoms with Crippen molar-refractivity contribution in [3.8, 4) is 0 Å². The van der Waals surface area contributed by atoms with Crippen LogP contribution in [0.25, 0.3) is 0 Å². The van der Waals surface area contributed by atoms with Crippen molar-refractivity contribution in [2.24, 2.45) is 5.84 Å². The number of aromatic nitrogens is 1. The molecule has 84 valence electrons. The van der Waals surface area contributed by atoms with Crippen LogP contribution in [0.4, 0.5) is 5.82 Å². The predicted molar refractivity (Wildman–Crippen MR) is 61.3 cm³/mol. The number of nitrogens with one attached hydrogen (secondary N) is 1. The summed E-state index contributed by atoms with van der Waals surface area (Å²) in [6.45, 7) is 1.88. The molecule has 0 radical (unpaired) electrons. The monoisotopic (exact) mass is 218 g/mol. The zero-order chi connectivity index (χ0) is 11.5. The highest BCUT2D eigenvalue weighted by atomic mass is 16.3. The molecule has 5 heteroatoms. The summed E-state index contributed by atoms with van der Waals surface area (Å²) in [6, 6.07) is 5.38. The molecule has 2 heterocycles. The zero-order valence-electron chi connectivity index (χ0n) is 8.97. The quantitative estimate of drug-likeness (QED) is 0.530. The standard InChI is InChI=1S/C11H14N4O/c1-7-8(4-6-16-7)10(15-13)9-3-2-5-14-11(9)12/h2-6,10,15H,13H2,1H3,(H2,12,14). The van der Waals surface area contributed by atoms with Gasteiger partial charge in [-0.15, -0.1) is 0 Å². The smallest absolute Gasteiger partial charge is 0.128 e. The van der Waals surface area contributed by atoms with Gasteiger partial charge in [0, 0.05) is 17.3 Å². The molecule has 16 heavy (non-hydrogen) atoms. The minimum absolute atomic E-state index is 0.201. The van der Waals surface area contributed by atoms with E-state index in [-0.39, 0.29) is 6.04 Å². The van der Waals surface area contributed by atoms with E-state index in [1.165, 1.54) is 0 Å². The van der Waals surface area contributed by atoms with E-state index in [0.29, 0.717) is 5.82 Å². The molecule has 2 aromatic rings. The summed E-state index contributed by atoms with van der Waals surface area (Å²) in [4.78, 5) is 4.04. The van der Waals surface area contributed by atoms with Gasteiger partial charge in [-0.25, -0.2) is 10.4 Å². The highest BCUT2D eigenvalue weighted by Crippen LogP contribution is 2.27. The SMILES string of the molecule is Cc1occc1C(NN)c1cccnc1N. The molecule has 5 nitrogen and oxygen atoms in total. The topological polar surface area (TPSA) is 90.1 Å². The van der Waals surface area contributed by atoms with Gasteiger partial charge in [-0.2, -0.15) is 0 Å². The van der Waals surface area contributed by atoms with Gasteiger partial charge in [-0.05, 0) is 19.1 Å². The van der Waals surface area contributed by atoms with Gasteiger partial charge in [-0.3, -0.25) is 5.84 Å². The molecule has 2 rings (SSSR count). The van der Waals surface area contributed by atoms with E-state index in [9.17, 15) is 0 Å². The van der Waals surface area contributed by atoms with Gasteiger partial charge in [0.15, 0.2) is 0 Å². The molecule has 0 aliphatic carbocycles. The fraction of sp³-hybridized carbons (Fsp3) is 0.182. The first-order valence-electron chi connectivity index (χ1n) is 4.94. The van der Waals surface area contributed by atoms with Crippen molar-refractivity contribution in [2.45, 2.75) is 13.0 Å². The van der Waals surface area contributed by atoms with Crippen molar-refractivity contribution in [1.29, 1.82) is 0 Å². The first kappa shape index (κ1) is 10.7. The molecule has 1 atom stereocenters. The van der Waals surface area contributed by atoms with Crippen LogP contribution >= 0.6 is 0 Å². The molecule has 1 unspecified atom stereocenters. The third-order valence-corrected chi connectivity index (χ3v) is 2.56. The minimum atomic E-state index is -0.201. The van der Waals surface area contributed by atoms with Gasteiger partial charge >= 0.3 is 0 Å². The van der Waals surface area contributed by atoms with Crippen LogP contribution in [0, 0.1) is 6.92 Å². The van der Waals surface area contributed by atoms with Crippen LogP contribution in [0.1, 0.15) is 22.9 Å². The molecule has 0 spiro atoms. The number of hydrogen-bond donors (Lipinski definition) is 3. The van der Waals surface area contributed by atoms with E-state index in [2.05, 4.69) is 10.4 Å². The fourth-order valence-corrected chi connectivity index (χ4v) is 1.72. The molecule has 5 N–H and O–H groups in total. The number of pyridine rings is 1. The van der Waals surface area contributed by atoms with E-state index < -0.39 is 0 Å². The first-order valence-corrected chi connectivity index (χ1v) is 4.94. The number of anilines is 1. The van der Waals surface area contributed by atoms with E-state index in [4.69, 9.17) is 16.0 Å². The zero-order valence-corrected chi connectivity index (χ0v) is 8.97. The van der Waals surface area contributed by atoms with Gasteiger partial charge in [-0.1, -0.05) is 6.07 Å². The lowest BCUT2D eigenvalue weighted by Gasteiger charge is -2.16. The van der Waals surface area contributed by atoms with E-state index in [0.717, 1.165) is 16.9 Å². The average Bonchev–Trinajstić information content (AvgIpc) is 2.69. The number of nitrogens with zero attached hydrogens (tertiary/aromatic N) is 1. The maximum Gasteiger partial charge on any atom is 0.128 e. The third-order valence-electron chi connectivity index (χ3n) is 2.56. The van der Waals surface area contributed by atoms with E-state index >= 15 is 0 Å². The maximum atomic E-state index is 5.82.